The van der Waals surface area contributed by atoms with Crippen LogP contribution in [0.2, 0.25) is 0 Å². The molecule has 0 saturated carbocycles. The molecule has 0 saturated heterocycles. The van der Waals surface area contributed by atoms with Crippen molar-refractivity contribution in [3.8, 4) is 0 Å². The Bertz CT molecular complexity index is 530. The summed E-state index contributed by atoms with van der Waals surface area (Å²) in [6, 6.07) is -3.95. The number of primary amides is 1. The molecular weight excluding hydrogens is 358 g/mol. The van der Waals surface area contributed by atoms with Crippen LogP contribution >= 0.6 is 12.6 Å². The maximum atomic E-state index is 12.0. The highest BCUT2D eigenvalue weighted by molar-refractivity contribution is 7.80. The van der Waals surface area contributed by atoms with Crippen LogP contribution in [0, 0.1) is 0 Å². The van der Waals surface area contributed by atoms with Crippen molar-refractivity contribution in [1.29, 1.82) is 0 Å². The summed E-state index contributed by atoms with van der Waals surface area (Å²) >= 11 is 3.76. The molecule has 25 heavy (non-hydrogen) atoms. The number of carbonyl (C=O) groups excluding carboxylic acids is 4. The zero-order valence-electron chi connectivity index (χ0n) is 13.1. The minimum absolute atomic E-state index is 0.158. The molecule has 0 aromatic rings. The van der Waals surface area contributed by atoms with Gasteiger partial charge < -0.3 is 37.6 Å². The number of nitrogens with two attached hydrogens (primary N) is 2. The molecule has 3 atom stereocenters. The number of aliphatic hydroxyl groups excluding tert-OH is 1. The fourth-order valence-corrected chi connectivity index (χ4v) is 1.74. The molecule has 0 aromatic carbocycles. The van der Waals surface area contributed by atoms with Gasteiger partial charge >= 0.3 is 5.97 Å². The van der Waals surface area contributed by atoms with Crippen LogP contribution in [0.3, 0.4) is 0 Å². The van der Waals surface area contributed by atoms with Gasteiger partial charge in [-0.2, -0.15) is 12.6 Å². The molecule has 9 N–H and O–H groups in total. The predicted octanol–water partition coefficient (Wildman–Crippen LogP) is -4.72. The molecule has 0 rings (SSSR count). The van der Waals surface area contributed by atoms with Gasteiger partial charge in [-0.3, -0.25) is 19.2 Å². The number of aliphatic hydroxyl groups is 1. The summed E-state index contributed by atoms with van der Waals surface area (Å²) in [4.78, 5) is 56.9. The van der Waals surface area contributed by atoms with Gasteiger partial charge in [0.1, 0.15) is 18.1 Å². The zero-order valence-corrected chi connectivity index (χ0v) is 14.0. The Morgan fingerprint density at radius 3 is 2.08 bits per heavy atom. The van der Waals surface area contributed by atoms with Crippen molar-refractivity contribution in [3.05, 3.63) is 0 Å². The topological polar surface area (TPSA) is 214 Å². The quantitative estimate of drug-likeness (QED) is 0.163. The van der Waals surface area contributed by atoms with Crippen LogP contribution in [0.1, 0.15) is 6.42 Å². The number of nitrogens with one attached hydrogen (secondary N) is 3. The van der Waals surface area contributed by atoms with Gasteiger partial charge in [-0.1, -0.05) is 0 Å². The molecular formula is C12H21N5O7S. The largest absolute Gasteiger partial charge is 0.480 e. The molecule has 0 aliphatic carbocycles. The van der Waals surface area contributed by atoms with E-state index in [0.717, 1.165) is 0 Å². The number of aliphatic carboxylic acids is 1. The van der Waals surface area contributed by atoms with E-state index >= 15 is 0 Å². The standard InChI is InChI=1S/C12H21N5O7S/c13-5(3-18)10(21)17-6(1-8(14)19)11(22)15-2-9(20)16-7(4-25)12(23)24/h5-7,18,25H,1-4,13H2,(H2,14,19)(H,15,22)(H,16,20)(H,17,21)(H,23,24). The monoisotopic (exact) mass is 379 g/mol. The Morgan fingerprint density at radius 2 is 1.64 bits per heavy atom. The first kappa shape index (κ1) is 22.6. The number of carboxylic acid groups (broad SMARTS) is 1. The first-order valence-electron chi connectivity index (χ1n) is 6.98. The van der Waals surface area contributed by atoms with E-state index in [2.05, 4.69) is 28.6 Å². The third-order valence-electron chi connectivity index (χ3n) is 2.81. The lowest BCUT2D eigenvalue weighted by Crippen LogP contribution is -2.55. The summed E-state index contributed by atoms with van der Waals surface area (Å²) in [5.41, 5.74) is 10.3. The van der Waals surface area contributed by atoms with Gasteiger partial charge in [0, 0.05) is 5.75 Å². The van der Waals surface area contributed by atoms with Gasteiger partial charge in [0.2, 0.25) is 23.6 Å². The van der Waals surface area contributed by atoms with E-state index in [1.165, 1.54) is 0 Å². The smallest absolute Gasteiger partial charge is 0.327 e. The zero-order chi connectivity index (χ0) is 19.6. The van der Waals surface area contributed by atoms with E-state index < -0.39 is 67.3 Å². The molecule has 0 aliphatic heterocycles. The van der Waals surface area contributed by atoms with Crippen molar-refractivity contribution in [2.45, 2.75) is 24.5 Å². The van der Waals surface area contributed by atoms with Crippen LogP contribution in [-0.4, -0.2) is 76.8 Å². The lowest BCUT2D eigenvalue weighted by Gasteiger charge is -2.19. The summed E-state index contributed by atoms with van der Waals surface area (Å²) < 4.78 is 0. The average molecular weight is 379 g/mol. The van der Waals surface area contributed by atoms with E-state index in [0.29, 0.717) is 0 Å². The van der Waals surface area contributed by atoms with Crippen molar-refractivity contribution in [1.82, 2.24) is 16.0 Å². The molecule has 13 heteroatoms. The molecule has 0 bridgehead atoms. The lowest BCUT2D eigenvalue weighted by atomic mass is 10.1. The van der Waals surface area contributed by atoms with Crippen LogP contribution in [0.4, 0.5) is 0 Å². The van der Waals surface area contributed by atoms with Crippen molar-refractivity contribution in [3.63, 3.8) is 0 Å². The minimum atomic E-state index is -1.41. The number of hydrogen-bond acceptors (Lipinski definition) is 8. The Morgan fingerprint density at radius 1 is 1.04 bits per heavy atom. The Balaban J connectivity index is 4.71. The molecule has 0 aromatic heterocycles. The summed E-state index contributed by atoms with van der Waals surface area (Å²) in [7, 11) is 0. The molecule has 142 valence electrons. The molecule has 0 spiro atoms. The molecule has 0 heterocycles. The third kappa shape index (κ3) is 8.88. The van der Waals surface area contributed by atoms with Crippen molar-refractivity contribution in [2.24, 2.45) is 11.5 Å². The molecule has 4 amide bonds. The van der Waals surface area contributed by atoms with Gasteiger partial charge in [-0.15, -0.1) is 0 Å². The van der Waals surface area contributed by atoms with Gasteiger partial charge in [-0.25, -0.2) is 4.79 Å². The first-order chi connectivity index (χ1) is 11.6. The number of amides is 4. The van der Waals surface area contributed by atoms with Gasteiger partial charge in [-0.05, 0) is 0 Å². The van der Waals surface area contributed by atoms with Gasteiger partial charge in [0.15, 0.2) is 0 Å². The van der Waals surface area contributed by atoms with Gasteiger partial charge in [0.25, 0.3) is 0 Å². The van der Waals surface area contributed by atoms with E-state index in [9.17, 15) is 24.0 Å². The molecule has 3 unspecified atom stereocenters. The Hall–Kier alpha value is -2.38. The number of carbonyl (C=O) groups is 5. The van der Waals surface area contributed by atoms with Crippen molar-refractivity contribution in [2.75, 3.05) is 18.9 Å². The van der Waals surface area contributed by atoms with Crippen molar-refractivity contribution >= 4 is 42.2 Å². The number of carboxylic acids is 1. The van der Waals surface area contributed by atoms with E-state index in [4.69, 9.17) is 21.7 Å². The van der Waals surface area contributed by atoms with Crippen LogP contribution < -0.4 is 27.4 Å². The Labute approximate surface area is 148 Å². The summed E-state index contributed by atoms with van der Waals surface area (Å²) in [6.07, 6.45) is -0.564. The van der Waals surface area contributed by atoms with E-state index in [1.54, 1.807) is 0 Å². The molecule has 0 radical (unpaired) electrons. The van der Waals surface area contributed by atoms with Gasteiger partial charge in [0.05, 0.1) is 19.6 Å². The predicted molar refractivity (Wildman–Crippen MR) is 87.2 cm³/mol. The second kappa shape index (κ2) is 11.2. The second-order valence-corrected chi connectivity index (χ2v) is 5.24. The Kier molecular flexibility index (Phi) is 10.2. The lowest BCUT2D eigenvalue weighted by molar-refractivity contribution is -0.141. The van der Waals surface area contributed by atoms with E-state index in [1.807, 2.05) is 0 Å². The highest BCUT2D eigenvalue weighted by atomic mass is 32.1. The van der Waals surface area contributed by atoms with E-state index in [-0.39, 0.29) is 5.75 Å². The SMILES string of the molecule is NC(=O)CC(NC(=O)C(N)CO)C(=O)NCC(=O)NC(CS)C(=O)O. The third-order valence-corrected chi connectivity index (χ3v) is 3.18. The maximum Gasteiger partial charge on any atom is 0.327 e. The minimum Gasteiger partial charge on any atom is -0.480 e. The first-order valence-corrected chi connectivity index (χ1v) is 7.61. The van der Waals surface area contributed by atoms with Crippen LogP contribution in [0.25, 0.3) is 0 Å². The highest BCUT2D eigenvalue weighted by Crippen LogP contribution is 1.94. The number of rotatable bonds is 11. The summed E-state index contributed by atoms with van der Waals surface area (Å²) in [5, 5.41) is 23.9. The number of hydrogen-bond donors (Lipinski definition) is 8. The molecule has 0 aliphatic rings. The fourth-order valence-electron chi connectivity index (χ4n) is 1.49. The normalized spacial score (nSPS) is 13.9. The maximum absolute atomic E-state index is 12.0. The summed E-state index contributed by atoms with van der Waals surface area (Å²) in [5.74, 6) is -4.98. The summed E-state index contributed by atoms with van der Waals surface area (Å²) in [6.45, 7) is -1.28. The van der Waals surface area contributed by atoms with Crippen LogP contribution in [0.15, 0.2) is 0 Å². The van der Waals surface area contributed by atoms with Crippen molar-refractivity contribution < 1.29 is 34.2 Å². The average Bonchev–Trinajstić information content (AvgIpc) is 2.55. The second-order valence-electron chi connectivity index (χ2n) is 4.88. The number of thiol groups is 1. The molecule has 0 fully saturated rings. The van der Waals surface area contributed by atoms with Crippen LogP contribution in [-0.2, 0) is 24.0 Å². The fraction of sp³-hybridized carbons (Fsp3) is 0.583. The van der Waals surface area contributed by atoms with Crippen LogP contribution in [0.5, 0.6) is 0 Å². The highest BCUT2D eigenvalue weighted by Gasteiger charge is 2.26. The molecule has 12 nitrogen and oxygen atoms in total.